The van der Waals surface area contributed by atoms with E-state index in [1.165, 1.54) is 12.1 Å². The molecule has 0 heterocycles. The summed E-state index contributed by atoms with van der Waals surface area (Å²) in [5.74, 6) is 0.0268. The number of aliphatic carboxylic acids is 1. The average Bonchev–Trinajstić information content (AvgIpc) is 2.68. The van der Waals surface area contributed by atoms with Crippen LogP contribution in [0.4, 0.5) is 13.2 Å². The number of carbonyl (C=O) groups is 2. The van der Waals surface area contributed by atoms with Crippen LogP contribution in [-0.2, 0) is 27.1 Å². The van der Waals surface area contributed by atoms with Crippen LogP contribution in [0.15, 0.2) is 24.3 Å². The number of carboxylic acids is 1. The molecule has 0 aromatic heterocycles. The maximum absolute atomic E-state index is 12.8. The zero-order valence-corrected chi connectivity index (χ0v) is 18.4. The van der Waals surface area contributed by atoms with Gasteiger partial charge in [0.15, 0.2) is 0 Å². The van der Waals surface area contributed by atoms with Gasteiger partial charge >= 0.3 is 12.1 Å². The Kier molecular flexibility index (Phi) is 5.80. The molecule has 0 aliphatic heterocycles. The Labute approximate surface area is 185 Å². The van der Waals surface area contributed by atoms with Crippen molar-refractivity contribution in [1.29, 1.82) is 0 Å². The topological polar surface area (TPSA) is 75.6 Å². The van der Waals surface area contributed by atoms with Crippen LogP contribution < -0.4 is 5.32 Å². The Balaban J connectivity index is 1.30. The lowest BCUT2D eigenvalue weighted by Gasteiger charge is -2.58. The third-order valence-electron chi connectivity index (χ3n) is 7.55. The van der Waals surface area contributed by atoms with Crippen LogP contribution >= 0.6 is 0 Å². The number of carboxylic acid groups (broad SMARTS) is 1. The number of alkyl halides is 3. The fourth-order valence-corrected chi connectivity index (χ4v) is 6.27. The Morgan fingerprint density at radius 2 is 1.69 bits per heavy atom. The van der Waals surface area contributed by atoms with Crippen molar-refractivity contribution in [2.45, 2.75) is 76.8 Å². The van der Waals surface area contributed by atoms with Gasteiger partial charge in [0.25, 0.3) is 0 Å². The molecule has 0 radical (unpaired) electrons. The van der Waals surface area contributed by atoms with Crippen molar-refractivity contribution in [2.75, 3.05) is 0 Å². The molecule has 4 bridgehead atoms. The number of benzene rings is 1. The van der Waals surface area contributed by atoms with Gasteiger partial charge in [0, 0.05) is 6.04 Å². The number of hydrogen-bond donors (Lipinski definition) is 2. The van der Waals surface area contributed by atoms with Crippen LogP contribution in [0.3, 0.4) is 0 Å². The lowest BCUT2D eigenvalue weighted by molar-refractivity contribution is -0.168. The zero-order valence-electron chi connectivity index (χ0n) is 18.4. The van der Waals surface area contributed by atoms with Crippen molar-refractivity contribution in [3.05, 3.63) is 35.4 Å². The summed E-state index contributed by atoms with van der Waals surface area (Å²) in [7, 11) is 0. The minimum atomic E-state index is -4.38. The molecule has 1 aromatic carbocycles. The molecule has 4 saturated carbocycles. The molecule has 4 fully saturated rings. The van der Waals surface area contributed by atoms with Crippen molar-refractivity contribution in [3.63, 3.8) is 0 Å². The molecule has 2 N–H and O–H groups in total. The van der Waals surface area contributed by atoms with Crippen LogP contribution in [0, 0.1) is 23.2 Å². The number of halogens is 3. The molecule has 4 aliphatic rings. The number of nitrogens with one attached hydrogen (secondary N) is 1. The van der Waals surface area contributed by atoms with E-state index in [0.717, 1.165) is 31.4 Å². The molecule has 5 nitrogen and oxygen atoms in total. The standard InChI is InChI=1S/C24H30F3NO4/c1-22(2,32-13-14-3-5-18(6-4-14)24(25,26)27)12-19(29)28-20-16-7-15-8-17(20)11-23(9-15,10-16)21(30)31/h3-6,15-17,20H,7-13H2,1-2H3,(H,28,29)(H,30,31). The molecule has 4 aliphatic carbocycles. The Hall–Kier alpha value is -2.09. The van der Waals surface area contributed by atoms with E-state index in [-0.39, 0.29) is 36.8 Å². The van der Waals surface area contributed by atoms with E-state index in [9.17, 15) is 27.9 Å². The highest BCUT2D eigenvalue weighted by molar-refractivity contribution is 5.78. The summed E-state index contributed by atoms with van der Waals surface area (Å²) in [5, 5.41) is 12.9. The van der Waals surface area contributed by atoms with Crippen LogP contribution in [0.25, 0.3) is 0 Å². The number of carbonyl (C=O) groups excluding carboxylic acids is 1. The van der Waals surface area contributed by atoms with E-state index in [1.807, 2.05) is 0 Å². The summed E-state index contributed by atoms with van der Waals surface area (Å²) in [6.45, 7) is 3.68. The van der Waals surface area contributed by atoms with Gasteiger partial charge in [-0.2, -0.15) is 13.2 Å². The van der Waals surface area contributed by atoms with Crippen molar-refractivity contribution >= 4 is 11.9 Å². The molecule has 0 spiro atoms. The fraction of sp³-hybridized carbons (Fsp3) is 0.667. The summed E-state index contributed by atoms with van der Waals surface area (Å²) in [6, 6.07) is 4.82. The first-order valence-electron chi connectivity index (χ1n) is 11.2. The summed E-state index contributed by atoms with van der Waals surface area (Å²) in [5.41, 5.74) is -1.50. The minimum absolute atomic E-state index is 0.0113. The van der Waals surface area contributed by atoms with Crippen molar-refractivity contribution in [1.82, 2.24) is 5.32 Å². The lowest BCUT2D eigenvalue weighted by Crippen LogP contribution is -2.61. The summed E-state index contributed by atoms with van der Waals surface area (Å²) in [6.07, 6.45) is -0.270. The Bertz CT molecular complexity index is 864. The first kappa shape index (κ1) is 23.1. The van der Waals surface area contributed by atoms with E-state index in [0.29, 0.717) is 24.3 Å². The summed E-state index contributed by atoms with van der Waals surface area (Å²) >= 11 is 0. The normalized spacial score (nSPS) is 31.5. The monoisotopic (exact) mass is 453 g/mol. The van der Waals surface area contributed by atoms with E-state index < -0.39 is 28.7 Å². The van der Waals surface area contributed by atoms with Crippen molar-refractivity contribution < 1.29 is 32.6 Å². The molecule has 1 amide bonds. The molecular weight excluding hydrogens is 423 g/mol. The van der Waals surface area contributed by atoms with Crippen LogP contribution in [0.5, 0.6) is 0 Å². The van der Waals surface area contributed by atoms with Gasteiger partial charge < -0.3 is 15.2 Å². The zero-order chi connectivity index (χ0) is 23.3. The first-order chi connectivity index (χ1) is 14.9. The smallest absolute Gasteiger partial charge is 0.416 e. The third-order valence-corrected chi connectivity index (χ3v) is 7.55. The van der Waals surface area contributed by atoms with Crippen LogP contribution in [-0.4, -0.2) is 28.6 Å². The van der Waals surface area contributed by atoms with Gasteiger partial charge in [0.2, 0.25) is 5.91 Å². The van der Waals surface area contributed by atoms with Crippen molar-refractivity contribution in [3.8, 4) is 0 Å². The molecule has 8 heteroatoms. The number of hydrogen-bond acceptors (Lipinski definition) is 3. The van der Waals surface area contributed by atoms with Gasteiger partial charge in [-0.15, -0.1) is 0 Å². The second-order valence-electron chi connectivity index (χ2n) is 10.6. The second kappa shape index (κ2) is 8.04. The van der Waals surface area contributed by atoms with E-state index >= 15 is 0 Å². The predicted molar refractivity (Wildman–Crippen MR) is 110 cm³/mol. The molecule has 1 aromatic rings. The third kappa shape index (κ3) is 4.65. The predicted octanol–water partition coefficient (Wildman–Crippen LogP) is 4.79. The van der Waals surface area contributed by atoms with E-state index in [1.54, 1.807) is 13.8 Å². The SMILES string of the molecule is CC(C)(CC(=O)NC1C2CC3CC1CC(C(=O)O)(C3)C2)OCc1ccc(C(F)(F)F)cc1. The van der Waals surface area contributed by atoms with Gasteiger partial charge in [-0.25, -0.2) is 0 Å². The first-order valence-corrected chi connectivity index (χ1v) is 11.2. The van der Waals surface area contributed by atoms with Crippen LogP contribution in [0.1, 0.15) is 63.5 Å². The van der Waals surface area contributed by atoms with Gasteiger partial charge in [0.05, 0.1) is 29.6 Å². The Morgan fingerprint density at radius 3 is 2.22 bits per heavy atom. The summed E-state index contributed by atoms with van der Waals surface area (Å²) < 4.78 is 43.9. The fourth-order valence-electron chi connectivity index (χ4n) is 6.27. The van der Waals surface area contributed by atoms with Crippen molar-refractivity contribution in [2.24, 2.45) is 23.2 Å². The number of ether oxygens (including phenoxy) is 1. The number of amides is 1. The molecule has 32 heavy (non-hydrogen) atoms. The number of rotatable bonds is 7. The van der Waals surface area contributed by atoms with Crippen LogP contribution in [0.2, 0.25) is 0 Å². The average molecular weight is 454 g/mol. The molecule has 2 atom stereocenters. The highest BCUT2D eigenvalue weighted by Gasteiger charge is 2.59. The quantitative estimate of drug-likeness (QED) is 0.623. The molecule has 176 valence electrons. The molecule has 5 rings (SSSR count). The minimum Gasteiger partial charge on any atom is -0.481 e. The van der Waals surface area contributed by atoms with Gasteiger partial charge in [-0.1, -0.05) is 12.1 Å². The van der Waals surface area contributed by atoms with Gasteiger partial charge in [-0.05, 0) is 81.4 Å². The van der Waals surface area contributed by atoms with E-state index in [4.69, 9.17) is 4.74 Å². The van der Waals surface area contributed by atoms with E-state index in [2.05, 4.69) is 5.32 Å². The largest absolute Gasteiger partial charge is 0.481 e. The van der Waals surface area contributed by atoms with Gasteiger partial charge in [-0.3, -0.25) is 9.59 Å². The Morgan fingerprint density at radius 1 is 1.09 bits per heavy atom. The molecule has 2 unspecified atom stereocenters. The lowest BCUT2D eigenvalue weighted by atomic mass is 9.48. The highest BCUT2D eigenvalue weighted by atomic mass is 19.4. The molecular formula is C24H30F3NO4. The van der Waals surface area contributed by atoms with Gasteiger partial charge in [0.1, 0.15) is 0 Å². The maximum atomic E-state index is 12.8. The second-order valence-corrected chi connectivity index (χ2v) is 10.6. The maximum Gasteiger partial charge on any atom is 0.416 e. The highest BCUT2D eigenvalue weighted by Crippen LogP contribution is 2.60. The molecule has 0 saturated heterocycles. The summed E-state index contributed by atoms with van der Waals surface area (Å²) in [4.78, 5) is 24.7.